The number of rotatable bonds is 8. The lowest BCUT2D eigenvalue weighted by atomic mass is 10.0. The van der Waals surface area contributed by atoms with Gasteiger partial charge in [-0.15, -0.1) is 0 Å². The summed E-state index contributed by atoms with van der Waals surface area (Å²) in [6, 6.07) is 12.4. The number of ether oxygens (including phenoxy) is 2. The van der Waals surface area contributed by atoms with Crippen LogP contribution in [0.15, 0.2) is 42.5 Å². The van der Waals surface area contributed by atoms with Gasteiger partial charge in [0.25, 0.3) is 0 Å². The van der Waals surface area contributed by atoms with E-state index < -0.39 is 11.9 Å². The smallest absolute Gasteiger partial charge is 0.310 e. The van der Waals surface area contributed by atoms with Gasteiger partial charge in [-0.1, -0.05) is 18.2 Å². The van der Waals surface area contributed by atoms with E-state index in [9.17, 15) is 9.59 Å². The lowest BCUT2D eigenvalue weighted by molar-refractivity contribution is -0.138. The molecule has 26 heavy (non-hydrogen) atoms. The van der Waals surface area contributed by atoms with E-state index in [4.69, 9.17) is 14.6 Å². The van der Waals surface area contributed by atoms with Crippen molar-refractivity contribution in [3.63, 3.8) is 0 Å². The number of hydrogen-bond acceptors (Lipinski definition) is 4. The summed E-state index contributed by atoms with van der Waals surface area (Å²) in [6.07, 6.45) is 0.892. The van der Waals surface area contributed by atoms with Crippen molar-refractivity contribution >= 4 is 17.6 Å². The molecule has 138 valence electrons. The predicted molar refractivity (Wildman–Crippen MR) is 99.0 cm³/mol. The number of aryl methyl sites for hydroxylation is 1. The molecule has 0 aliphatic carbocycles. The summed E-state index contributed by atoms with van der Waals surface area (Å²) < 4.78 is 10.5. The summed E-state index contributed by atoms with van der Waals surface area (Å²) in [5.41, 5.74) is 2.31. The Morgan fingerprint density at radius 1 is 1.04 bits per heavy atom. The number of carbonyl (C=O) groups excluding carboxylic acids is 1. The minimum atomic E-state index is -0.878. The minimum absolute atomic E-state index is 0.112. The molecule has 2 aromatic carbocycles. The average molecular weight is 357 g/mol. The second-order valence-corrected chi connectivity index (χ2v) is 5.92. The first-order chi connectivity index (χ1) is 12.4. The van der Waals surface area contributed by atoms with Gasteiger partial charge in [0, 0.05) is 12.1 Å². The molecule has 6 nitrogen and oxygen atoms in total. The van der Waals surface area contributed by atoms with Crippen LogP contribution in [0.5, 0.6) is 11.5 Å². The van der Waals surface area contributed by atoms with Crippen LogP contribution in [0, 0.1) is 0 Å². The van der Waals surface area contributed by atoms with E-state index in [1.807, 2.05) is 18.2 Å². The molecule has 0 heterocycles. The summed E-state index contributed by atoms with van der Waals surface area (Å²) in [7, 11) is 3.15. The maximum absolute atomic E-state index is 12.1. The Morgan fingerprint density at radius 2 is 1.69 bits per heavy atom. The molecular weight excluding hydrogens is 334 g/mol. The van der Waals surface area contributed by atoms with Gasteiger partial charge in [0.05, 0.1) is 20.1 Å². The van der Waals surface area contributed by atoms with Crippen LogP contribution in [0.4, 0.5) is 5.69 Å². The van der Waals surface area contributed by atoms with E-state index in [0.29, 0.717) is 35.6 Å². The van der Waals surface area contributed by atoms with Crippen LogP contribution in [-0.4, -0.2) is 31.2 Å². The fourth-order valence-corrected chi connectivity index (χ4v) is 2.52. The van der Waals surface area contributed by atoms with Gasteiger partial charge in [0.15, 0.2) is 11.5 Å². The van der Waals surface area contributed by atoms with Gasteiger partial charge in [-0.05, 0) is 48.7 Å². The van der Waals surface area contributed by atoms with E-state index in [1.54, 1.807) is 45.4 Å². The van der Waals surface area contributed by atoms with E-state index in [1.165, 1.54) is 0 Å². The first kappa shape index (κ1) is 19.3. The van der Waals surface area contributed by atoms with Crippen LogP contribution >= 0.6 is 0 Å². The Morgan fingerprint density at radius 3 is 2.27 bits per heavy atom. The molecule has 1 amide bonds. The molecule has 6 heteroatoms. The zero-order valence-electron chi connectivity index (χ0n) is 15.1. The summed E-state index contributed by atoms with van der Waals surface area (Å²) in [5.74, 6) is -0.287. The molecule has 0 bridgehead atoms. The summed E-state index contributed by atoms with van der Waals surface area (Å²) in [4.78, 5) is 23.1. The van der Waals surface area contributed by atoms with Crippen LogP contribution < -0.4 is 14.8 Å². The lowest BCUT2D eigenvalue weighted by Crippen LogP contribution is -2.13. The van der Waals surface area contributed by atoms with Crippen LogP contribution in [-0.2, 0) is 16.0 Å². The highest BCUT2D eigenvalue weighted by Gasteiger charge is 2.13. The van der Waals surface area contributed by atoms with Crippen LogP contribution in [0.25, 0.3) is 0 Å². The quantitative estimate of drug-likeness (QED) is 0.756. The molecule has 0 saturated heterocycles. The monoisotopic (exact) mass is 357 g/mol. The third kappa shape index (κ3) is 4.99. The number of methoxy groups -OCH3 is 2. The van der Waals surface area contributed by atoms with Crippen molar-refractivity contribution in [3.05, 3.63) is 53.6 Å². The fourth-order valence-electron chi connectivity index (χ4n) is 2.52. The number of carbonyl (C=O) groups is 2. The third-order valence-corrected chi connectivity index (χ3v) is 4.15. The van der Waals surface area contributed by atoms with Crippen molar-refractivity contribution in [1.82, 2.24) is 0 Å². The van der Waals surface area contributed by atoms with Gasteiger partial charge < -0.3 is 19.9 Å². The Kier molecular flexibility index (Phi) is 6.60. The highest BCUT2D eigenvalue weighted by Crippen LogP contribution is 2.28. The average Bonchev–Trinajstić information content (AvgIpc) is 2.66. The highest BCUT2D eigenvalue weighted by molar-refractivity contribution is 5.91. The molecule has 0 aromatic heterocycles. The molecule has 0 aliphatic heterocycles. The van der Waals surface area contributed by atoms with Gasteiger partial charge >= 0.3 is 5.97 Å². The van der Waals surface area contributed by atoms with Gasteiger partial charge in [0.2, 0.25) is 5.91 Å². The molecule has 0 aliphatic rings. The number of nitrogens with one attached hydrogen (secondary N) is 1. The molecule has 1 atom stereocenters. The first-order valence-corrected chi connectivity index (χ1v) is 8.28. The Bertz CT molecular complexity index is 770. The number of anilines is 1. The third-order valence-electron chi connectivity index (χ3n) is 4.15. The molecule has 2 aromatic rings. The SMILES string of the molecule is COc1ccc(CCC(=O)Nc2ccc(C(C)C(=O)O)cc2)cc1OC. The summed E-state index contributed by atoms with van der Waals surface area (Å²) in [6.45, 7) is 1.62. The second-order valence-electron chi connectivity index (χ2n) is 5.92. The molecule has 0 saturated carbocycles. The second kappa shape index (κ2) is 8.89. The number of amides is 1. The number of benzene rings is 2. The van der Waals surface area contributed by atoms with Crippen molar-refractivity contribution in [2.75, 3.05) is 19.5 Å². The Hall–Kier alpha value is -3.02. The molecule has 2 N–H and O–H groups in total. The van der Waals surface area contributed by atoms with Gasteiger partial charge in [-0.2, -0.15) is 0 Å². The number of aliphatic carboxylic acids is 1. The molecule has 2 rings (SSSR count). The number of carboxylic acids is 1. The zero-order chi connectivity index (χ0) is 19.1. The lowest BCUT2D eigenvalue weighted by Gasteiger charge is -2.10. The van der Waals surface area contributed by atoms with E-state index in [-0.39, 0.29) is 5.91 Å². The van der Waals surface area contributed by atoms with E-state index >= 15 is 0 Å². The fraction of sp³-hybridized carbons (Fsp3) is 0.300. The molecule has 0 spiro atoms. The van der Waals surface area contributed by atoms with Crippen LogP contribution in [0.3, 0.4) is 0 Å². The van der Waals surface area contributed by atoms with Crippen LogP contribution in [0.2, 0.25) is 0 Å². The van der Waals surface area contributed by atoms with Gasteiger partial charge in [0.1, 0.15) is 0 Å². The molecule has 0 fully saturated rings. The maximum atomic E-state index is 12.1. The zero-order valence-corrected chi connectivity index (χ0v) is 15.1. The number of hydrogen-bond donors (Lipinski definition) is 2. The van der Waals surface area contributed by atoms with Crippen molar-refractivity contribution in [1.29, 1.82) is 0 Å². The largest absolute Gasteiger partial charge is 0.493 e. The van der Waals surface area contributed by atoms with Crippen molar-refractivity contribution in [3.8, 4) is 11.5 Å². The van der Waals surface area contributed by atoms with Gasteiger partial charge in [-0.25, -0.2) is 0 Å². The van der Waals surface area contributed by atoms with E-state index in [2.05, 4.69) is 5.32 Å². The van der Waals surface area contributed by atoms with Crippen molar-refractivity contribution < 1.29 is 24.2 Å². The standard InChI is InChI=1S/C20H23NO5/c1-13(20(23)24)15-6-8-16(9-7-15)21-19(22)11-5-14-4-10-17(25-2)18(12-14)26-3/h4,6-10,12-13H,5,11H2,1-3H3,(H,21,22)(H,23,24). The predicted octanol–water partition coefficient (Wildman–Crippen LogP) is 3.46. The molecular formula is C20H23NO5. The van der Waals surface area contributed by atoms with Crippen LogP contribution in [0.1, 0.15) is 30.4 Å². The maximum Gasteiger partial charge on any atom is 0.310 e. The Labute approximate surface area is 152 Å². The summed E-state index contributed by atoms with van der Waals surface area (Å²) >= 11 is 0. The first-order valence-electron chi connectivity index (χ1n) is 8.28. The Balaban J connectivity index is 1.92. The normalized spacial score (nSPS) is 11.5. The van der Waals surface area contributed by atoms with Crippen molar-refractivity contribution in [2.24, 2.45) is 0 Å². The minimum Gasteiger partial charge on any atom is -0.493 e. The van der Waals surface area contributed by atoms with E-state index in [0.717, 1.165) is 5.56 Å². The topological polar surface area (TPSA) is 84.9 Å². The number of carboxylic acid groups (broad SMARTS) is 1. The molecule has 1 unspecified atom stereocenters. The summed E-state index contributed by atoms with van der Waals surface area (Å²) in [5, 5.41) is 11.8. The van der Waals surface area contributed by atoms with Crippen molar-refractivity contribution in [2.45, 2.75) is 25.7 Å². The highest BCUT2D eigenvalue weighted by atomic mass is 16.5. The molecule has 0 radical (unpaired) electrons. The van der Waals surface area contributed by atoms with Gasteiger partial charge in [-0.3, -0.25) is 9.59 Å².